The van der Waals surface area contributed by atoms with Crippen molar-refractivity contribution < 1.29 is 13.2 Å². The zero-order valence-corrected chi connectivity index (χ0v) is 7.60. The van der Waals surface area contributed by atoms with Crippen LogP contribution in [0.4, 0.5) is 13.2 Å². The van der Waals surface area contributed by atoms with Gasteiger partial charge in [-0.2, -0.15) is 13.2 Å². The average Bonchev–Trinajstić information content (AvgIpc) is 2.14. The Bertz CT molecular complexity index is 368. The molecular formula is C11H9F3. The summed E-state index contributed by atoms with van der Waals surface area (Å²) < 4.78 is 36.7. The number of benzene rings is 1. The maximum absolute atomic E-state index is 12.2. The van der Waals surface area contributed by atoms with Gasteiger partial charge in [0, 0.05) is 0 Å². The van der Waals surface area contributed by atoms with Gasteiger partial charge < -0.3 is 0 Å². The van der Waals surface area contributed by atoms with E-state index in [0.717, 1.165) is 12.1 Å². The number of allylic oxidation sites excluding steroid dienone is 1. The number of alkyl halides is 3. The van der Waals surface area contributed by atoms with Crippen molar-refractivity contribution in [1.82, 2.24) is 0 Å². The van der Waals surface area contributed by atoms with Gasteiger partial charge in [0.05, 0.1) is 5.56 Å². The molecule has 1 aromatic carbocycles. The van der Waals surface area contributed by atoms with Crippen LogP contribution < -0.4 is 0 Å². The maximum Gasteiger partial charge on any atom is 0.416 e. The normalized spacial score (nSPS) is 10.6. The summed E-state index contributed by atoms with van der Waals surface area (Å²) in [6.07, 6.45) is -1.13. The minimum atomic E-state index is -4.28. The van der Waals surface area contributed by atoms with Crippen molar-refractivity contribution in [2.24, 2.45) is 0 Å². The summed E-state index contributed by atoms with van der Waals surface area (Å²) in [5.74, 6) is 0. The lowest BCUT2D eigenvalue weighted by atomic mass is 10.1. The molecule has 0 aliphatic rings. The Morgan fingerprint density at radius 3 is 2.57 bits per heavy atom. The third-order valence-corrected chi connectivity index (χ3v) is 1.63. The molecule has 0 saturated carbocycles. The first-order valence-electron chi connectivity index (χ1n) is 4.08. The van der Waals surface area contributed by atoms with Gasteiger partial charge in [0.15, 0.2) is 0 Å². The van der Waals surface area contributed by atoms with Crippen LogP contribution in [0.25, 0.3) is 6.08 Å². The summed E-state index contributed by atoms with van der Waals surface area (Å²) in [5, 5.41) is 0. The van der Waals surface area contributed by atoms with Crippen LogP contribution in [0.3, 0.4) is 0 Å². The van der Waals surface area contributed by atoms with Crippen molar-refractivity contribution in [3.8, 4) is 0 Å². The van der Waals surface area contributed by atoms with E-state index in [0.29, 0.717) is 5.56 Å². The Balaban J connectivity index is 3.08. The van der Waals surface area contributed by atoms with Crippen LogP contribution in [0.1, 0.15) is 18.1 Å². The first-order chi connectivity index (χ1) is 6.54. The molecule has 0 fully saturated rings. The van der Waals surface area contributed by atoms with E-state index in [1.54, 1.807) is 19.1 Å². The van der Waals surface area contributed by atoms with E-state index < -0.39 is 11.7 Å². The van der Waals surface area contributed by atoms with Gasteiger partial charge in [0.1, 0.15) is 0 Å². The topological polar surface area (TPSA) is 0 Å². The molecule has 0 amide bonds. The van der Waals surface area contributed by atoms with E-state index in [1.807, 2.05) is 0 Å². The zero-order chi connectivity index (χ0) is 10.6. The molecule has 0 bridgehead atoms. The molecule has 0 saturated heterocycles. The summed E-state index contributed by atoms with van der Waals surface area (Å²) in [6, 6.07) is 5.13. The van der Waals surface area contributed by atoms with Crippen molar-refractivity contribution in [2.75, 3.05) is 0 Å². The van der Waals surface area contributed by atoms with Gasteiger partial charge in [-0.25, -0.2) is 0 Å². The Labute approximate surface area is 80.4 Å². The van der Waals surface area contributed by atoms with Gasteiger partial charge in [-0.1, -0.05) is 12.1 Å². The number of hydrogen-bond acceptors (Lipinski definition) is 0. The van der Waals surface area contributed by atoms with Crippen molar-refractivity contribution in [1.29, 1.82) is 0 Å². The van der Waals surface area contributed by atoms with Crippen LogP contribution in [0.5, 0.6) is 0 Å². The summed E-state index contributed by atoms with van der Waals surface area (Å²) in [4.78, 5) is 0. The van der Waals surface area contributed by atoms with Gasteiger partial charge >= 0.3 is 6.18 Å². The van der Waals surface area contributed by atoms with E-state index in [1.165, 1.54) is 12.1 Å². The van der Waals surface area contributed by atoms with Crippen LogP contribution in [0.15, 0.2) is 36.1 Å². The van der Waals surface area contributed by atoms with Gasteiger partial charge in [-0.05, 0) is 36.8 Å². The van der Waals surface area contributed by atoms with Crippen LogP contribution in [0.2, 0.25) is 0 Å². The zero-order valence-electron chi connectivity index (χ0n) is 7.60. The summed E-state index contributed by atoms with van der Waals surface area (Å²) in [5.41, 5.74) is 2.59. The lowest BCUT2D eigenvalue weighted by Gasteiger charge is -2.06. The first kappa shape index (κ1) is 10.6. The van der Waals surface area contributed by atoms with E-state index in [4.69, 9.17) is 0 Å². The molecule has 3 heteroatoms. The van der Waals surface area contributed by atoms with Crippen LogP contribution in [0, 0.1) is 0 Å². The molecule has 0 aliphatic carbocycles. The Morgan fingerprint density at radius 1 is 1.29 bits per heavy atom. The highest BCUT2D eigenvalue weighted by molar-refractivity contribution is 5.50. The molecule has 0 atom stereocenters. The Kier molecular flexibility index (Phi) is 3.15. The summed E-state index contributed by atoms with van der Waals surface area (Å²) >= 11 is 0. The number of halogens is 3. The largest absolute Gasteiger partial charge is 0.416 e. The molecule has 0 nitrogen and oxygen atoms in total. The molecular weight excluding hydrogens is 189 g/mol. The fourth-order valence-electron chi connectivity index (χ4n) is 0.984. The van der Waals surface area contributed by atoms with E-state index in [-0.39, 0.29) is 0 Å². The van der Waals surface area contributed by atoms with Gasteiger partial charge in [0.2, 0.25) is 0 Å². The number of rotatable bonds is 1. The number of hydrogen-bond donors (Lipinski definition) is 0. The highest BCUT2D eigenvalue weighted by Gasteiger charge is 2.30. The fourth-order valence-corrected chi connectivity index (χ4v) is 0.984. The molecule has 0 heterocycles. The molecule has 0 aromatic heterocycles. The Morgan fingerprint density at radius 2 is 2.00 bits per heavy atom. The monoisotopic (exact) mass is 198 g/mol. The first-order valence-corrected chi connectivity index (χ1v) is 4.08. The fraction of sp³-hybridized carbons (Fsp3) is 0.182. The Hall–Kier alpha value is -1.47. The van der Waals surface area contributed by atoms with Gasteiger partial charge in [0.25, 0.3) is 0 Å². The molecule has 14 heavy (non-hydrogen) atoms. The molecule has 1 rings (SSSR count). The minimum Gasteiger partial charge on any atom is -0.166 e. The smallest absolute Gasteiger partial charge is 0.166 e. The summed E-state index contributed by atoms with van der Waals surface area (Å²) in [7, 11) is 0. The molecule has 74 valence electrons. The van der Waals surface area contributed by atoms with E-state index >= 15 is 0 Å². The van der Waals surface area contributed by atoms with Crippen molar-refractivity contribution >= 4 is 6.08 Å². The van der Waals surface area contributed by atoms with E-state index in [9.17, 15) is 13.2 Å². The quantitative estimate of drug-likeness (QED) is 0.600. The molecule has 0 spiro atoms. The van der Waals surface area contributed by atoms with E-state index in [2.05, 4.69) is 5.73 Å². The van der Waals surface area contributed by atoms with Crippen LogP contribution in [-0.2, 0) is 6.18 Å². The second-order valence-electron chi connectivity index (χ2n) is 2.72. The highest BCUT2D eigenvalue weighted by atomic mass is 19.4. The van der Waals surface area contributed by atoms with Gasteiger partial charge in [-0.15, -0.1) is 5.73 Å². The third-order valence-electron chi connectivity index (χ3n) is 1.63. The van der Waals surface area contributed by atoms with Crippen molar-refractivity contribution in [3.05, 3.63) is 47.2 Å². The minimum absolute atomic E-state index is 0.498. The lowest BCUT2D eigenvalue weighted by Crippen LogP contribution is -2.04. The van der Waals surface area contributed by atoms with Crippen LogP contribution in [-0.4, -0.2) is 0 Å². The van der Waals surface area contributed by atoms with Crippen LogP contribution >= 0.6 is 0 Å². The molecule has 1 aromatic rings. The average molecular weight is 198 g/mol. The van der Waals surface area contributed by atoms with Gasteiger partial charge in [-0.3, -0.25) is 0 Å². The standard InChI is InChI=1S/C11H9F3/c1-2-3-5-9-6-4-7-10(8-9)11(12,13)14/h2,4-8H,1H3. The molecule has 0 N–H and O–H groups in total. The molecule has 0 aliphatic heterocycles. The lowest BCUT2D eigenvalue weighted by molar-refractivity contribution is -0.137. The second kappa shape index (κ2) is 4.16. The van der Waals surface area contributed by atoms with Crippen molar-refractivity contribution in [3.63, 3.8) is 0 Å². The predicted octanol–water partition coefficient (Wildman–Crippen LogP) is 3.89. The maximum atomic E-state index is 12.2. The molecule has 0 unspecified atom stereocenters. The predicted molar refractivity (Wildman–Crippen MR) is 49.7 cm³/mol. The summed E-state index contributed by atoms with van der Waals surface area (Å²) in [6.45, 7) is 1.75. The third kappa shape index (κ3) is 2.79. The highest BCUT2D eigenvalue weighted by Crippen LogP contribution is 2.29. The second-order valence-corrected chi connectivity index (χ2v) is 2.72. The van der Waals surface area contributed by atoms with Crippen molar-refractivity contribution in [2.45, 2.75) is 13.1 Å². The molecule has 0 radical (unpaired) electrons. The SMILES string of the molecule is CC=C=Cc1cccc(C(F)(F)F)c1.